The van der Waals surface area contributed by atoms with Gasteiger partial charge in [-0.15, -0.1) is 0 Å². The first-order valence-corrected chi connectivity index (χ1v) is 7.09. The highest BCUT2D eigenvalue weighted by molar-refractivity contribution is 6.35. The van der Waals surface area contributed by atoms with Crippen LogP contribution in [0.15, 0.2) is 47.3 Å². The molecule has 0 aliphatic rings. The van der Waals surface area contributed by atoms with Gasteiger partial charge in [-0.1, -0.05) is 17.7 Å². The average Bonchev–Trinajstić information content (AvgIpc) is 2.48. The number of nitrogens with zero attached hydrogens (tertiary/aromatic N) is 2. The molecule has 0 aliphatic heterocycles. The molecule has 0 fully saturated rings. The molecule has 112 valence electrons. The maximum absolute atomic E-state index is 13.1. The van der Waals surface area contributed by atoms with Crippen LogP contribution in [0.1, 0.15) is 18.8 Å². The first kappa shape index (κ1) is 14.7. The molecule has 22 heavy (non-hydrogen) atoms. The Morgan fingerprint density at radius 1 is 1.23 bits per heavy atom. The van der Waals surface area contributed by atoms with Crippen LogP contribution in [-0.4, -0.2) is 9.55 Å². The summed E-state index contributed by atoms with van der Waals surface area (Å²) in [6, 6.07) is 10.2. The van der Waals surface area contributed by atoms with Crippen molar-refractivity contribution < 1.29 is 4.39 Å². The van der Waals surface area contributed by atoms with Gasteiger partial charge < -0.3 is 5.73 Å². The Kier molecular flexibility index (Phi) is 3.68. The number of hydrogen-bond acceptors (Lipinski definition) is 3. The van der Waals surface area contributed by atoms with Crippen molar-refractivity contribution in [3.63, 3.8) is 0 Å². The lowest BCUT2D eigenvalue weighted by atomic mass is 10.2. The van der Waals surface area contributed by atoms with E-state index in [2.05, 4.69) is 4.98 Å². The molecular formula is C16H13ClFN3O. The zero-order valence-electron chi connectivity index (χ0n) is 11.8. The van der Waals surface area contributed by atoms with Gasteiger partial charge in [0, 0.05) is 0 Å². The van der Waals surface area contributed by atoms with Gasteiger partial charge in [0.1, 0.15) is 11.6 Å². The Bertz CT molecular complexity index is 904. The van der Waals surface area contributed by atoms with Gasteiger partial charge in [0.05, 0.1) is 27.7 Å². The molecule has 0 saturated heterocycles. The maximum Gasteiger partial charge on any atom is 0.267 e. The lowest BCUT2D eigenvalue weighted by Gasteiger charge is -2.16. The van der Waals surface area contributed by atoms with Gasteiger partial charge in [-0.3, -0.25) is 9.36 Å². The van der Waals surface area contributed by atoms with Crippen molar-refractivity contribution in [1.82, 2.24) is 9.55 Å². The first-order chi connectivity index (χ1) is 10.5. The maximum atomic E-state index is 13.1. The molecule has 4 nitrogen and oxygen atoms in total. The number of benzene rings is 2. The monoisotopic (exact) mass is 317 g/mol. The Morgan fingerprint density at radius 2 is 1.91 bits per heavy atom. The summed E-state index contributed by atoms with van der Waals surface area (Å²) in [6.45, 7) is 1.73. The Labute approximate surface area is 131 Å². The minimum absolute atomic E-state index is 0.317. The van der Waals surface area contributed by atoms with Crippen molar-refractivity contribution in [2.75, 3.05) is 0 Å². The summed E-state index contributed by atoms with van der Waals surface area (Å²) in [7, 11) is 0. The molecule has 0 amide bonds. The molecule has 6 heteroatoms. The molecule has 2 aromatic carbocycles. The lowest BCUT2D eigenvalue weighted by Crippen LogP contribution is -2.27. The topological polar surface area (TPSA) is 60.9 Å². The Balaban J connectivity index is 2.43. The van der Waals surface area contributed by atoms with E-state index in [9.17, 15) is 9.18 Å². The van der Waals surface area contributed by atoms with Crippen molar-refractivity contribution in [3.8, 4) is 5.69 Å². The smallest absolute Gasteiger partial charge is 0.267 e. The molecule has 3 rings (SSSR count). The number of halogens is 2. The number of nitrogens with two attached hydrogens (primary N) is 1. The third kappa shape index (κ3) is 2.38. The second-order valence-electron chi connectivity index (χ2n) is 5.01. The van der Waals surface area contributed by atoms with Crippen LogP contribution in [0.3, 0.4) is 0 Å². The summed E-state index contributed by atoms with van der Waals surface area (Å²) in [6.07, 6.45) is 0. The van der Waals surface area contributed by atoms with E-state index in [4.69, 9.17) is 17.3 Å². The van der Waals surface area contributed by atoms with E-state index in [0.717, 1.165) is 0 Å². The van der Waals surface area contributed by atoms with Crippen LogP contribution in [-0.2, 0) is 0 Å². The molecule has 3 aromatic rings. The van der Waals surface area contributed by atoms with Gasteiger partial charge in [0.2, 0.25) is 0 Å². The van der Waals surface area contributed by atoms with Crippen LogP contribution in [0.25, 0.3) is 16.6 Å². The first-order valence-electron chi connectivity index (χ1n) is 6.71. The summed E-state index contributed by atoms with van der Waals surface area (Å²) in [5.41, 5.74) is 6.61. The van der Waals surface area contributed by atoms with Crippen molar-refractivity contribution in [1.29, 1.82) is 0 Å². The predicted octanol–water partition coefficient (Wildman–Crippen LogP) is 3.20. The van der Waals surface area contributed by atoms with Crippen LogP contribution in [0.4, 0.5) is 4.39 Å². The predicted molar refractivity (Wildman–Crippen MR) is 84.9 cm³/mol. The molecule has 0 aliphatic carbocycles. The molecule has 1 unspecified atom stereocenters. The minimum Gasteiger partial charge on any atom is -0.322 e. The largest absolute Gasteiger partial charge is 0.322 e. The second kappa shape index (κ2) is 5.51. The fourth-order valence-corrected chi connectivity index (χ4v) is 2.60. The van der Waals surface area contributed by atoms with Gasteiger partial charge >= 0.3 is 0 Å². The minimum atomic E-state index is -0.471. The SMILES string of the molecule is CC(N)c1nc2cccc(Cl)c2c(=O)n1-c1ccc(F)cc1. The average molecular weight is 318 g/mol. The molecule has 1 atom stereocenters. The van der Waals surface area contributed by atoms with Crippen LogP contribution < -0.4 is 11.3 Å². The summed E-state index contributed by atoms with van der Waals surface area (Å²) < 4.78 is 14.5. The van der Waals surface area contributed by atoms with Crippen molar-refractivity contribution in [2.45, 2.75) is 13.0 Å². The number of rotatable bonds is 2. The fraction of sp³-hybridized carbons (Fsp3) is 0.125. The molecule has 0 radical (unpaired) electrons. The summed E-state index contributed by atoms with van der Waals surface area (Å²) in [5.74, 6) is 0.0114. The quantitative estimate of drug-likeness (QED) is 0.789. The molecule has 1 aromatic heterocycles. The fourth-order valence-electron chi connectivity index (χ4n) is 2.35. The van der Waals surface area contributed by atoms with E-state index in [1.54, 1.807) is 25.1 Å². The third-order valence-corrected chi connectivity index (χ3v) is 3.68. The highest BCUT2D eigenvalue weighted by Crippen LogP contribution is 2.22. The van der Waals surface area contributed by atoms with E-state index < -0.39 is 6.04 Å². The zero-order valence-corrected chi connectivity index (χ0v) is 12.5. The van der Waals surface area contributed by atoms with Crippen LogP contribution in [0.5, 0.6) is 0 Å². The second-order valence-corrected chi connectivity index (χ2v) is 5.42. The molecule has 2 N–H and O–H groups in total. The zero-order chi connectivity index (χ0) is 15.9. The van der Waals surface area contributed by atoms with Crippen molar-refractivity contribution in [2.24, 2.45) is 5.73 Å². The van der Waals surface area contributed by atoms with Gasteiger partial charge in [-0.25, -0.2) is 9.37 Å². The van der Waals surface area contributed by atoms with Gasteiger partial charge in [-0.2, -0.15) is 0 Å². The van der Waals surface area contributed by atoms with Crippen molar-refractivity contribution >= 4 is 22.5 Å². The molecular weight excluding hydrogens is 305 g/mol. The third-order valence-electron chi connectivity index (χ3n) is 3.36. The molecule has 0 bridgehead atoms. The highest BCUT2D eigenvalue weighted by Gasteiger charge is 2.17. The van der Waals surface area contributed by atoms with Crippen LogP contribution in [0, 0.1) is 5.82 Å². The summed E-state index contributed by atoms with van der Waals surface area (Å²) >= 11 is 6.13. The van der Waals surface area contributed by atoms with E-state index in [0.29, 0.717) is 27.4 Å². The normalized spacial score (nSPS) is 12.5. The Hall–Kier alpha value is -2.24. The van der Waals surface area contributed by atoms with Crippen LogP contribution >= 0.6 is 11.6 Å². The molecule has 0 spiro atoms. The van der Waals surface area contributed by atoms with E-state index in [1.807, 2.05) is 0 Å². The summed E-state index contributed by atoms with van der Waals surface area (Å²) in [4.78, 5) is 17.3. The molecule has 1 heterocycles. The van der Waals surface area contributed by atoms with Gasteiger partial charge in [0.25, 0.3) is 5.56 Å². The Morgan fingerprint density at radius 3 is 2.55 bits per heavy atom. The van der Waals surface area contributed by atoms with Crippen molar-refractivity contribution in [3.05, 3.63) is 69.5 Å². The van der Waals surface area contributed by atoms with Gasteiger partial charge in [-0.05, 0) is 43.3 Å². The number of aromatic nitrogens is 2. The van der Waals surface area contributed by atoms with E-state index in [-0.39, 0.29) is 11.4 Å². The van der Waals surface area contributed by atoms with Crippen LogP contribution in [0.2, 0.25) is 5.02 Å². The van der Waals surface area contributed by atoms with Gasteiger partial charge in [0.15, 0.2) is 0 Å². The standard InChI is InChI=1S/C16H13ClFN3O/c1-9(19)15-20-13-4-2-3-12(17)14(13)16(22)21(15)11-7-5-10(18)6-8-11/h2-9H,19H2,1H3. The highest BCUT2D eigenvalue weighted by atomic mass is 35.5. The number of hydrogen-bond donors (Lipinski definition) is 1. The van der Waals surface area contributed by atoms with E-state index >= 15 is 0 Å². The lowest BCUT2D eigenvalue weighted by molar-refractivity contribution is 0.626. The van der Waals surface area contributed by atoms with E-state index in [1.165, 1.54) is 28.8 Å². The number of fused-ring (bicyclic) bond motifs is 1. The molecule has 0 saturated carbocycles. The summed E-state index contributed by atoms with van der Waals surface area (Å²) in [5, 5.41) is 0.639.